The first kappa shape index (κ1) is 26.3. The van der Waals surface area contributed by atoms with Gasteiger partial charge in [-0.2, -0.15) is 0 Å². The van der Waals surface area contributed by atoms with E-state index in [1.54, 1.807) is 23.7 Å². The molecule has 0 saturated carbocycles. The molecule has 2 aromatic rings. The normalized spacial score (nSPS) is 16.4. The average molecular weight is 502 g/mol. The SMILES string of the molecule is O=C(O)C=CC(=O)O.O=C1CCCc2sccc2N1CCCCN1CCN(c2ncccn2)CC1. The number of hydrogen-bond donors (Lipinski definition) is 2. The van der Waals surface area contributed by atoms with Crippen molar-refractivity contribution in [3.8, 4) is 0 Å². The van der Waals surface area contributed by atoms with Crippen LogP contribution in [0.3, 0.4) is 0 Å². The summed E-state index contributed by atoms with van der Waals surface area (Å²) in [4.78, 5) is 48.4. The highest BCUT2D eigenvalue weighted by Gasteiger charge is 2.23. The first-order chi connectivity index (χ1) is 16.9. The number of anilines is 2. The van der Waals surface area contributed by atoms with Crippen LogP contribution >= 0.6 is 11.3 Å². The molecule has 35 heavy (non-hydrogen) atoms. The first-order valence-electron chi connectivity index (χ1n) is 11.7. The molecule has 11 heteroatoms. The number of nitrogens with zero attached hydrogens (tertiary/aromatic N) is 5. The van der Waals surface area contributed by atoms with Gasteiger partial charge in [0.05, 0.1) is 5.69 Å². The number of unbranched alkanes of at least 4 members (excludes halogenated alkanes) is 1. The lowest BCUT2D eigenvalue weighted by Crippen LogP contribution is -2.47. The Morgan fingerprint density at radius 3 is 2.29 bits per heavy atom. The molecule has 0 spiro atoms. The zero-order chi connectivity index (χ0) is 25.0. The minimum Gasteiger partial charge on any atom is -0.478 e. The van der Waals surface area contributed by atoms with E-state index >= 15 is 0 Å². The fourth-order valence-electron chi connectivity index (χ4n) is 4.05. The van der Waals surface area contributed by atoms with Crippen molar-refractivity contribution in [2.24, 2.45) is 0 Å². The number of piperazine rings is 1. The highest BCUT2D eigenvalue weighted by atomic mass is 32.1. The van der Waals surface area contributed by atoms with Crippen LogP contribution in [0.5, 0.6) is 0 Å². The smallest absolute Gasteiger partial charge is 0.328 e. The molecule has 4 rings (SSSR count). The molecule has 1 amide bonds. The van der Waals surface area contributed by atoms with Crippen molar-refractivity contribution < 1.29 is 24.6 Å². The van der Waals surface area contributed by atoms with Gasteiger partial charge in [-0.1, -0.05) is 0 Å². The number of fused-ring (bicyclic) bond motifs is 1. The van der Waals surface area contributed by atoms with E-state index in [1.165, 1.54) is 10.6 Å². The highest BCUT2D eigenvalue weighted by Crippen LogP contribution is 2.31. The van der Waals surface area contributed by atoms with E-state index in [0.29, 0.717) is 24.5 Å². The van der Waals surface area contributed by atoms with Gasteiger partial charge in [0.25, 0.3) is 0 Å². The molecule has 0 radical (unpaired) electrons. The van der Waals surface area contributed by atoms with Crippen molar-refractivity contribution in [3.05, 3.63) is 46.9 Å². The zero-order valence-corrected chi connectivity index (χ0v) is 20.4. The maximum absolute atomic E-state index is 12.4. The number of thiophene rings is 1. The van der Waals surface area contributed by atoms with E-state index in [2.05, 4.69) is 31.2 Å². The number of aryl methyl sites for hydroxylation is 1. The highest BCUT2D eigenvalue weighted by molar-refractivity contribution is 7.10. The Bertz CT molecular complexity index is 989. The van der Waals surface area contributed by atoms with Crippen molar-refractivity contribution in [2.45, 2.75) is 32.1 Å². The predicted molar refractivity (Wildman–Crippen MR) is 134 cm³/mol. The summed E-state index contributed by atoms with van der Waals surface area (Å²) in [6.07, 6.45) is 9.63. The van der Waals surface area contributed by atoms with E-state index in [4.69, 9.17) is 10.2 Å². The maximum Gasteiger partial charge on any atom is 0.328 e. The molecule has 188 valence electrons. The molecule has 2 aromatic heterocycles. The van der Waals surface area contributed by atoms with Gasteiger partial charge in [0.2, 0.25) is 11.9 Å². The van der Waals surface area contributed by atoms with Crippen LogP contribution in [0.25, 0.3) is 0 Å². The van der Waals surface area contributed by atoms with Gasteiger partial charge in [-0.15, -0.1) is 11.3 Å². The van der Waals surface area contributed by atoms with Gasteiger partial charge in [-0.3, -0.25) is 9.69 Å². The summed E-state index contributed by atoms with van der Waals surface area (Å²) in [6.45, 7) is 6.01. The van der Waals surface area contributed by atoms with Crippen LogP contribution in [0.15, 0.2) is 42.1 Å². The Morgan fingerprint density at radius 2 is 1.63 bits per heavy atom. The molecule has 0 atom stereocenters. The fourth-order valence-corrected chi connectivity index (χ4v) is 4.97. The lowest BCUT2D eigenvalue weighted by atomic mass is 10.2. The fraction of sp³-hybridized carbons (Fsp3) is 0.458. The second-order valence-electron chi connectivity index (χ2n) is 8.22. The number of carbonyl (C=O) groups is 3. The topological polar surface area (TPSA) is 127 Å². The number of amides is 1. The van der Waals surface area contributed by atoms with Crippen LogP contribution in [-0.2, 0) is 20.8 Å². The van der Waals surface area contributed by atoms with E-state index in [1.807, 2.05) is 11.0 Å². The van der Waals surface area contributed by atoms with E-state index in [0.717, 1.165) is 70.9 Å². The van der Waals surface area contributed by atoms with Crippen LogP contribution < -0.4 is 9.80 Å². The molecule has 0 aromatic carbocycles. The third-order valence-electron chi connectivity index (χ3n) is 5.79. The molecule has 2 N–H and O–H groups in total. The lowest BCUT2D eigenvalue weighted by Gasteiger charge is -2.34. The lowest BCUT2D eigenvalue weighted by molar-refractivity contribution is -0.134. The Balaban J connectivity index is 0.000000371. The molecular weight excluding hydrogens is 470 g/mol. The minimum absolute atomic E-state index is 0.295. The average Bonchev–Trinajstić information content (AvgIpc) is 3.26. The van der Waals surface area contributed by atoms with Crippen LogP contribution in [0, 0.1) is 0 Å². The molecule has 0 aliphatic carbocycles. The molecule has 0 bridgehead atoms. The van der Waals surface area contributed by atoms with Crippen molar-refractivity contribution in [3.63, 3.8) is 0 Å². The van der Waals surface area contributed by atoms with Gasteiger partial charge in [-0.05, 0) is 49.7 Å². The number of carboxylic acid groups (broad SMARTS) is 2. The van der Waals surface area contributed by atoms with Crippen molar-refractivity contribution >= 4 is 40.8 Å². The van der Waals surface area contributed by atoms with Crippen LogP contribution in [0.1, 0.15) is 30.6 Å². The van der Waals surface area contributed by atoms with E-state index in [-0.39, 0.29) is 0 Å². The van der Waals surface area contributed by atoms with E-state index < -0.39 is 11.9 Å². The number of carbonyl (C=O) groups excluding carboxylic acids is 1. The van der Waals surface area contributed by atoms with Gasteiger partial charge in [0, 0.05) is 68.6 Å². The number of rotatable bonds is 8. The minimum atomic E-state index is -1.26. The summed E-state index contributed by atoms with van der Waals surface area (Å²) in [7, 11) is 0. The summed E-state index contributed by atoms with van der Waals surface area (Å²) < 4.78 is 0. The van der Waals surface area contributed by atoms with Crippen LogP contribution in [0.2, 0.25) is 0 Å². The summed E-state index contributed by atoms with van der Waals surface area (Å²) in [5, 5.41) is 17.7. The van der Waals surface area contributed by atoms with Crippen LogP contribution in [0.4, 0.5) is 11.6 Å². The summed E-state index contributed by atoms with van der Waals surface area (Å²) in [5.74, 6) is -1.38. The standard InChI is InChI=1S/C20H27N5OS.C4H4O4/c26-19-6-3-5-18-17(7-16-27-18)25(19)11-2-1-10-23-12-14-24(15-13-23)20-21-8-4-9-22-20;5-3(6)1-2-4(7)8/h4,7-9,16H,1-3,5-6,10-15H2;1-2H,(H,5,6)(H,7,8). The molecule has 0 unspecified atom stereocenters. The number of hydrogen-bond acceptors (Lipinski definition) is 8. The molecule has 4 heterocycles. The largest absolute Gasteiger partial charge is 0.478 e. The maximum atomic E-state index is 12.4. The molecule has 1 saturated heterocycles. The number of carboxylic acids is 2. The van der Waals surface area contributed by atoms with Gasteiger partial charge < -0.3 is 20.0 Å². The van der Waals surface area contributed by atoms with Gasteiger partial charge in [0.1, 0.15) is 0 Å². The quantitative estimate of drug-likeness (QED) is 0.414. The Hall–Kier alpha value is -3.31. The summed E-state index contributed by atoms with van der Waals surface area (Å²) >= 11 is 1.79. The third-order valence-corrected chi connectivity index (χ3v) is 6.76. The zero-order valence-electron chi connectivity index (χ0n) is 19.6. The summed E-state index contributed by atoms with van der Waals surface area (Å²) in [6, 6.07) is 3.97. The Labute approximate surface area is 208 Å². The van der Waals surface area contributed by atoms with Gasteiger partial charge >= 0.3 is 11.9 Å². The molecule has 2 aliphatic rings. The number of aliphatic carboxylic acids is 2. The summed E-state index contributed by atoms with van der Waals surface area (Å²) in [5.41, 5.74) is 1.17. The number of aromatic nitrogens is 2. The van der Waals surface area contributed by atoms with Crippen molar-refractivity contribution in [1.29, 1.82) is 0 Å². The second-order valence-corrected chi connectivity index (χ2v) is 9.22. The van der Waals surface area contributed by atoms with E-state index in [9.17, 15) is 14.4 Å². The second kappa shape index (κ2) is 13.5. The first-order valence-corrected chi connectivity index (χ1v) is 12.6. The third kappa shape index (κ3) is 8.45. The van der Waals surface area contributed by atoms with Crippen molar-refractivity contribution in [1.82, 2.24) is 14.9 Å². The van der Waals surface area contributed by atoms with Crippen LogP contribution in [-0.4, -0.2) is 82.2 Å². The molecule has 10 nitrogen and oxygen atoms in total. The monoisotopic (exact) mass is 501 g/mol. The van der Waals surface area contributed by atoms with Gasteiger partial charge in [-0.25, -0.2) is 19.6 Å². The van der Waals surface area contributed by atoms with Gasteiger partial charge in [0.15, 0.2) is 0 Å². The Morgan fingerprint density at radius 1 is 0.971 bits per heavy atom. The predicted octanol–water partition coefficient (Wildman–Crippen LogP) is 2.52. The molecular formula is C24H31N5O5S. The van der Waals surface area contributed by atoms with Crippen molar-refractivity contribution in [2.75, 3.05) is 49.1 Å². The molecule has 2 aliphatic heterocycles. The Kier molecular flexibility index (Phi) is 10.2. The molecule has 1 fully saturated rings.